The number of aliphatic carboxylic acids is 1. The molecule has 0 saturated heterocycles. The van der Waals surface area contributed by atoms with Crippen molar-refractivity contribution in [3.8, 4) is 0 Å². The smallest absolute Gasteiger partial charge is 0.331 e. The normalized spacial score (nSPS) is 15.0. The summed E-state index contributed by atoms with van der Waals surface area (Å²) >= 11 is 0. The van der Waals surface area contributed by atoms with Gasteiger partial charge in [0.2, 0.25) is 5.91 Å². The third-order valence-corrected chi connectivity index (χ3v) is 4.28. The molecule has 152 valence electrons. The largest absolute Gasteiger partial charge is 0.479 e. The number of carbonyl (C=O) groups is 3. The molecule has 0 unspecified atom stereocenters. The molecule has 0 fully saturated rings. The van der Waals surface area contributed by atoms with Crippen molar-refractivity contribution in [2.45, 2.75) is 26.3 Å². The van der Waals surface area contributed by atoms with Gasteiger partial charge in [-0.05, 0) is 38.1 Å². The molecule has 0 heterocycles. The Bertz CT molecular complexity index is 780. The molecule has 7 heteroatoms. The second kappa shape index (κ2) is 9.85. The molecule has 0 radical (unpaired) electrons. The van der Waals surface area contributed by atoms with Crippen LogP contribution < -0.4 is 10.2 Å². The molecule has 0 aromatic heterocycles. The number of carboxylic acid groups (broad SMARTS) is 1. The van der Waals surface area contributed by atoms with E-state index in [0.29, 0.717) is 11.1 Å². The molecule has 0 aliphatic heterocycles. The summed E-state index contributed by atoms with van der Waals surface area (Å²) in [6, 6.07) is 7.31. The lowest BCUT2D eigenvalue weighted by molar-refractivity contribution is -0.148. The second-order valence-electron chi connectivity index (χ2n) is 7.12. The van der Waals surface area contributed by atoms with Gasteiger partial charge in [0.25, 0.3) is 0 Å². The first-order valence-electron chi connectivity index (χ1n) is 8.84. The van der Waals surface area contributed by atoms with Crippen molar-refractivity contribution >= 4 is 23.3 Å². The zero-order chi connectivity index (χ0) is 21.5. The first kappa shape index (κ1) is 23.1. The van der Waals surface area contributed by atoms with Crippen LogP contribution >= 0.6 is 0 Å². The van der Waals surface area contributed by atoms with Crippen molar-refractivity contribution in [3.05, 3.63) is 53.6 Å². The molecule has 0 aliphatic rings. The van der Waals surface area contributed by atoms with Gasteiger partial charge < -0.3 is 20.4 Å². The Hall–Kier alpha value is -2.93. The maximum atomic E-state index is 12.5. The van der Waals surface area contributed by atoms with E-state index in [1.165, 1.54) is 19.1 Å². The molecule has 1 aromatic rings. The van der Waals surface area contributed by atoms with Crippen LogP contribution in [0.4, 0.5) is 5.69 Å². The molecule has 0 spiro atoms. The number of rotatable bonds is 9. The second-order valence-corrected chi connectivity index (χ2v) is 7.12. The number of carboxylic acids is 1. The van der Waals surface area contributed by atoms with Crippen molar-refractivity contribution in [1.29, 1.82) is 0 Å². The Morgan fingerprint density at radius 1 is 1.18 bits per heavy atom. The van der Waals surface area contributed by atoms with Crippen LogP contribution in [0, 0.1) is 5.92 Å². The zero-order valence-electron chi connectivity index (χ0n) is 16.9. The van der Waals surface area contributed by atoms with Gasteiger partial charge in [0.1, 0.15) is 0 Å². The van der Waals surface area contributed by atoms with E-state index in [4.69, 9.17) is 10.2 Å². The lowest BCUT2D eigenvalue weighted by Crippen LogP contribution is -2.54. The van der Waals surface area contributed by atoms with E-state index >= 15 is 0 Å². The minimum Gasteiger partial charge on any atom is -0.479 e. The number of Topliss-reactive ketones (excluding diaryl/α,β-unsaturated/α-hetero) is 1. The SMILES string of the molecule is CC(/C=C/C(=O)N[C@](C)(CO)C(=O)O)=C\[C@@H](C)C(=O)c1ccc(N(C)C)cc1. The Morgan fingerprint density at radius 3 is 2.21 bits per heavy atom. The summed E-state index contributed by atoms with van der Waals surface area (Å²) < 4.78 is 0. The highest BCUT2D eigenvalue weighted by atomic mass is 16.4. The lowest BCUT2D eigenvalue weighted by atomic mass is 9.97. The van der Waals surface area contributed by atoms with E-state index < -0.39 is 24.0 Å². The van der Waals surface area contributed by atoms with E-state index in [-0.39, 0.29) is 11.7 Å². The minimum atomic E-state index is -1.75. The summed E-state index contributed by atoms with van der Waals surface area (Å²) in [7, 11) is 3.85. The number of hydrogen-bond donors (Lipinski definition) is 3. The fourth-order valence-electron chi connectivity index (χ4n) is 2.39. The average Bonchev–Trinajstić information content (AvgIpc) is 2.65. The van der Waals surface area contributed by atoms with Crippen molar-refractivity contribution in [2.24, 2.45) is 5.92 Å². The van der Waals surface area contributed by atoms with Crippen LogP contribution in [-0.4, -0.2) is 54.1 Å². The first-order valence-corrected chi connectivity index (χ1v) is 8.84. The number of amides is 1. The van der Waals surface area contributed by atoms with Crippen LogP contribution in [0.2, 0.25) is 0 Å². The van der Waals surface area contributed by atoms with Gasteiger partial charge in [-0.3, -0.25) is 9.59 Å². The monoisotopic (exact) mass is 388 g/mol. The Balaban J connectivity index is 2.78. The summed E-state index contributed by atoms with van der Waals surface area (Å²) in [5, 5.41) is 20.4. The number of anilines is 1. The number of benzene rings is 1. The van der Waals surface area contributed by atoms with Crippen molar-refractivity contribution < 1.29 is 24.6 Å². The molecule has 3 N–H and O–H groups in total. The molecule has 0 saturated carbocycles. The van der Waals surface area contributed by atoms with Gasteiger partial charge in [-0.15, -0.1) is 0 Å². The summed E-state index contributed by atoms with van der Waals surface area (Å²) in [5.74, 6) is -2.41. The van der Waals surface area contributed by atoms with Gasteiger partial charge in [-0.1, -0.05) is 24.6 Å². The van der Waals surface area contributed by atoms with E-state index in [1.807, 2.05) is 31.1 Å². The molecule has 1 aromatic carbocycles. The Kier molecular flexibility index (Phi) is 8.13. The summed E-state index contributed by atoms with van der Waals surface area (Å²) in [6.07, 6.45) is 4.40. The average molecular weight is 388 g/mol. The van der Waals surface area contributed by atoms with E-state index in [9.17, 15) is 14.4 Å². The van der Waals surface area contributed by atoms with Crippen molar-refractivity contribution in [2.75, 3.05) is 25.6 Å². The van der Waals surface area contributed by atoms with Gasteiger partial charge in [-0.25, -0.2) is 4.79 Å². The van der Waals surface area contributed by atoms with Crippen LogP contribution in [0.3, 0.4) is 0 Å². The van der Waals surface area contributed by atoms with Gasteiger partial charge >= 0.3 is 5.97 Å². The predicted octanol–water partition coefficient (Wildman–Crippen LogP) is 2.03. The van der Waals surface area contributed by atoms with Gasteiger partial charge in [-0.2, -0.15) is 0 Å². The predicted molar refractivity (Wildman–Crippen MR) is 108 cm³/mol. The van der Waals surface area contributed by atoms with E-state index in [1.54, 1.807) is 32.1 Å². The number of aliphatic hydroxyl groups is 1. The topological polar surface area (TPSA) is 107 Å². The summed E-state index contributed by atoms with van der Waals surface area (Å²) in [4.78, 5) is 37.5. The van der Waals surface area contributed by atoms with Crippen molar-refractivity contribution in [3.63, 3.8) is 0 Å². The molecule has 1 amide bonds. The lowest BCUT2D eigenvalue weighted by Gasteiger charge is -2.22. The Morgan fingerprint density at radius 2 is 1.75 bits per heavy atom. The highest BCUT2D eigenvalue weighted by molar-refractivity contribution is 5.99. The highest BCUT2D eigenvalue weighted by Crippen LogP contribution is 2.17. The zero-order valence-corrected chi connectivity index (χ0v) is 16.9. The maximum absolute atomic E-state index is 12.5. The molecule has 7 nitrogen and oxygen atoms in total. The number of carbonyl (C=O) groups excluding carboxylic acids is 2. The third-order valence-electron chi connectivity index (χ3n) is 4.28. The molecule has 2 atom stereocenters. The van der Waals surface area contributed by atoms with Crippen LogP contribution in [0.5, 0.6) is 0 Å². The van der Waals surface area contributed by atoms with Crippen LogP contribution in [0.25, 0.3) is 0 Å². The number of ketones is 1. The van der Waals surface area contributed by atoms with E-state index in [2.05, 4.69) is 5.32 Å². The fraction of sp³-hybridized carbons (Fsp3) is 0.381. The third kappa shape index (κ3) is 6.35. The molecule has 0 bridgehead atoms. The number of nitrogens with one attached hydrogen (secondary N) is 1. The van der Waals surface area contributed by atoms with Crippen LogP contribution in [0.1, 0.15) is 31.1 Å². The maximum Gasteiger partial charge on any atom is 0.331 e. The molecule has 0 aliphatic carbocycles. The fourth-order valence-corrected chi connectivity index (χ4v) is 2.39. The number of nitrogens with zero attached hydrogens (tertiary/aromatic N) is 1. The molecular weight excluding hydrogens is 360 g/mol. The minimum absolute atomic E-state index is 0.0405. The molecule has 28 heavy (non-hydrogen) atoms. The van der Waals surface area contributed by atoms with Crippen molar-refractivity contribution in [1.82, 2.24) is 5.32 Å². The number of allylic oxidation sites excluding steroid dienone is 3. The van der Waals surface area contributed by atoms with Crippen LogP contribution in [0.15, 0.2) is 48.1 Å². The number of aliphatic hydroxyl groups excluding tert-OH is 1. The quantitative estimate of drug-likeness (QED) is 0.339. The number of hydrogen-bond acceptors (Lipinski definition) is 5. The first-order chi connectivity index (χ1) is 13.0. The standard InChI is InChI=1S/C21H28N2O5/c1-14(6-11-18(25)22-21(3,13-24)20(27)28)12-15(2)19(26)16-7-9-17(10-8-16)23(4)5/h6-12,15,24H,13H2,1-5H3,(H,22,25)(H,27,28)/b11-6+,14-12+/t15-,21-/m1/s1. The van der Waals surface area contributed by atoms with Gasteiger partial charge in [0.15, 0.2) is 11.3 Å². The van der Waals surface area contributed by atoms with Gasteiger partial charge in [0.05, 0.1) is 6.61 Å². The summed E-state index contributed by atoms with van der Waals surface area (Å²) in [5.41, 5.74) is 0.535. The Labute approximate surface area is 165 Å². The van der Waals surface area contributed by atoms with E-state index in [0.717, 1.165) is 5.69 Å². The summed E-state index contributed by atoms with van der Waals surface area (Å²) in [6.45, 7) is 4.00. The van der Waals surface area contributed by atoms with Gasteiger partial charge in [0, 0.05) is 37.3 Å². The molecule has 1 rings (SSSR count). The molecular formula is C21H28N2O5. The van der Waals surface area contributed by atoms with Crippen LogP contribution in [-0.2, 0) is 9.59 Å². The highest BCUT2D eigenvalue weighted by Gasteiger charge is 2.33.